The maximum atomic E-state index is 12.7. The quantitative estimate of drug-likeness (QED) is 0.671. The van der Waals surface area contributed by atoms with Gasteiger partial charge in [0.1, 0.15) is 4.90 Å². The maximum Gasteiger partial charge on any atom is 0.244 e. The highest BCUT2D eigenvalue weighted by Gasteiger charge is 2.27. The molecule has 0 saturated heterocycles. The molecule has 114 valence electrons. The van der Waals surface area contributed by atoms with E-state index in [1.54, 1.807) is 0 Å². The number of sulfonamides is 1. The molecule has 0 aliphatic carbocycles. The first-order valence-corrected chi connectivity index (χ1v) is 9.16. The van der Waals surface area contributed by atoms with Gasteiger partial charge in [-0.05, 0) is 25.0 Å². The molecule has 0 aliphatic rings. The lowest BCUT2D eigenvalue weighted by Gasteiger charge is -2.22. The molecule has 0 unspecified atom stereocenters. The first kappa shape index (κ1) is 18.1. The van der Waals surface area contributed by atoms with Gasteiger partial charge in [0, 0.05) is 23.7 Å². The van der Waals surface area contributed by atoms with Crippen LogP contribution in [0.3, 0.4) is 0 Å². The summed E-state index contributed by atoms with van der Waals surface area (Å²) < 4.78 is 26.8. The predicted octanol–water partition coefficient (Wildman–Crippen LogP) is 4.54. The Morgan fingerprint density at radius 2 is 1.65 bits per heavy atom. The van der Waals surface area contributed by atoms with Crippen LogP contribution in [-0.2, 0) is 15.9 Å². The van der Waals surface area contributed by atoms with E-state index in [0.29, 0.717) is 23.7 Å². The average Bonchev–Trinajstić information content (AvgIpc) is 2.38. The van der Waals surface area contributed by atoms with Crippen LogP contribution in [0.1, 0.15) is 32.3 Å². The number of halogens is 3. The minimum absolute atomic E-state index is 0.0705. The van der Waals surface area contributed by atoms with Crippen LogP contribution in [0.2, 0.25) is 10.0 Å². The first-order chi connectivity index (χ1) is 9.39. The average molecular weight is 359 g/mol. The summed E-state index contributed by atoms with van der Waals surface area (Å²) in [4.78, 5) is 0.0705. The predicted molar refractivity (Wildman–Crippen MR) is 85.4 cm³/mol. The highest BCUT2D eigenvalue weighted by molar-refractivity contribution is 7.89. The van der Waals surface area contributed by atoms with Gasteiger partial charge in [0.2, 0.25) is 10.0 Å². The van der Waals surface area contributed by atoms with Crippen LogP contribution in [-0.4, -0.2) is 25.8 Å². The Morgan fingerprint density at radius 3 is 2.10 bits per heavy atom. The molecule has 1 rings (SSSR count). The summed E-state index contributed by atoms with van der Waals surface area (Å²) in [7, 11) is -3.62. The van der Waals surface area contributed by atoms with Crippen molar-refractivity contribution >= 4 is 44.8 Å². The molecular weight excluding hydrogens is 341 g/mol. The molecule has 0 heterocycles. The van der Waals surface area contributed by atoms with E-state index in [1.165, 1.54) is 16.4 Å². The smallest absolute Gasteiger partial charge is 0.207 e. The van der Waals surface area contributed by atoms with Gasteiger partial charge in [0.15, 0.2) is 0 Å². The highest BCUT2D eigenvalue weighted by Crippen LogP contribution is 2.33. The van der Waals surface area contributed by atoms with Crippen LogP contribution in [0.15, 0.2) is 17.0 Å². The molecule has 0 aliphatic heterocycles. The molecule has 3 nitrogen and oxygen atoms in total. The number of rotatable bonds is 7. The van der Waals surface area contributed by atoms with E-state index in [-0.39, 0.29) is 15.8 Å². The molecule has 0 bridgehead atoms. The summed E-state index contributed by atoms with van der Waals surface area (Å²) in [5, 5.41) is 0.492. The Kier molecular flexibility index (Phi) is 7.09. The van der Waals surface area contributed by atoms with Gasteiger partial charge in [-0.2, -0.15) is 4.31 Å². The second-order valence-electron chi connectivity index (χ2n) is 4.38. The number of hydrogen-bond acceptors (Lipinski definition) is 2. The summed E-state index contributed by atoms with van der Waals surface area (Å²) in [6, 6.07) is 2.96. The van der Waals surface area contributed by atoms with Crippen LogP contribution in [0.25, 0.3) is 0 Å². The van der Waals surface area contributed by atoms with Crippen molar-refractivity contribution < 1.29 is 8.42 Å². The van der Waals surface area contributed by atoms with Crippen molar-refractivity contribution in [3.63, 3.8) is 0 Å². The van der Waals surface area contributed by atoms with Gasteiger partial charge in [-0.15, -0.1) is 11.6 Å². The molecule has 7 heteroatoms. The Labute approximate surface area is 135 Å². The lowest BCUT2D eigenvalue weighted by atomic mass is 10.2. The SMILES string of the molecule is CCCN(CCC)S(=O)(=O)c1ccc(Cl)c(CCl)c1Cl. The molecule has 0 N–H and O–H groups in total. The van der Waals surface area contributed by atoms with E-state index < -0.39 is 10.0 Å². The second kappa shape index (κ2) is 7.85. The third-order valence-corrected chi connectivity index (χ3v) is 5.95. The van der Waals surface area contributed by atoms with Crippen LogP contribution < -0.4 is 0 Å². The Hall–Kier alpha value is -0.000000000000000167. The Morgan fingerprint density at radius 1 is 1.10 bits per heavy atom. The zero-order valence-corrected chi connectivity index (χ0v) is 14.6. The molecule has 0 atom stereocenters. The molecule has 0 saturated carbocycles. The summed E-state index contributed by atoms with van der Waals surface area (Å²) >= 11 is 17.9. The van der Waals surface area contributed by atoms with Gasteiger partial charge in [-0.25, -0.2) is 8.42 Å². The lowest BCUT2D eigenvalue weighted by molar-refractivity contribution is 0.410. The standard InChI is InChI=1S/C13H18Cl3NO2S/c1-3-7-17(8-4-2)20(18,19)12-6-5-11(15)10(9-14)13(12)16/h5-6H,3-4,7-9H2,1-2H3. The second-order valence-corrected chi connectivity index (χ2v) is 7.33. The van der Waals surface area contributed by atoms with E-state index in [0.717, 1.165) is 12.8 Å². The van der Waals surface area contributed by atoms with Gasteiger partial charge in [-0.1, -0.05) is 37.0 Å². The third kappa shape index (κ3) is 3.80. The largest absolute Gasteiger partial charge is 0.244 e. The molecular formula is C13H18Cl3NO2S. The van der Waals surface area contributed by atoms with Crippen molar-refractivity contribution in [1.82, 2.24) is 4.31 Å². The van der Waals surface area contributed by atoms with E-state index in [2.05, 4.69) is 0 Å². The van der Waals surface area contributed by atoms with E-state index in [4.69, 9.17) is 34.8 Å². The highest BCUT2D eigenvalue weighted by atomic mass is 35.5. The number of nitrogens with zero attached hydrogens (tertiary/aromatic N) is 1. The molecule has 0 radical (unpaired) electrons. The normalized spacial score (nSPS) is 12.1. The van der Waals surface area contributed by atoms with Crippen LogP contribution in [0.4, 0.5) is 0 Å². The monoisotopic (exact) mass is 357 g/mol. The van der Waals surface area contributed by atoms with Crippen molar-refractivity contribution in [2.75, 3.05) is 13.1 Å². The summed E-state index contributed by atoms with van der Waals surface area (Å²) in [6.45, 7) is 4.80. The Balaban J connectivity index is 3.34. The fraction of sp³-hybridized carbons (Fsp3) is 0.538. The minimum Gasteiger partial charge on any atom is -0.207 e. The van der Waals surface area contributed by atoms with Crippen LogP contribution in [0.5, 0.6) is 0 Å². The van der Waals surface area contributed by atoms with Crippen LogP contribution in [0, 0.1) is 0 Å². The third-order valence-electron chi connectivity index (χ3n) is 2.85. The minimum atomic E-state index is -3.62. The van der Waals surface area contributed by atoms with Gasteiger partial charge in [0.25, 0.3) is 0 Å². The zero-order chi connectivity index (χ0) is 15.3. The zero-order valence-electron chi connectivity index (χ0n) is 11.5. The van der Waals surface area contributed by atoms with Gasteiger partial charge < -0.3 is 0 Å². The number of alkyl halides is 1. The summed E-state index contributed by atoms with van der Waals surface area (Å²) in [6.07, 6.45) is 1.49. The van der Waals surface area contributed by atoms with Crippen molar-refractivity contribution in [2.45, 2.75) is 37.5 Å². The molecule has 0 amide bonds. The van der Waals surface area contributed by atoms with Gasteiger partial charge in [-0.3, -0.25) is 0 Å². The van der Waals surface area contributed by atoms with E-state index in [1.807, 2.05) is 13.8 Å². The summed E-state index contributed by atoms with van der Waals surface area (Å²) in [5.74, 6) is 0.0720. The Bertz CT molecular complexity index is 555. The summed E-state index contributed by atoms with van der Waals surface area (Å²) in [5.41, 5.74) is 0.448. The lowest BCUT2D eigenvalue weighted by Crippen LogP contribution is -2.32. The number of benzene rings is 1. The van der Waals surface area contributed by atoms with Crippen molar-refractivity contribution in [3.8, 4) is 0 Å². The van der Waals surface area contributed by atoms with Crippen LogP contribution >= 0.6 is 34.8 Å². The molecule has 20 heavy (non-hydrogen) atoms. The molecule has 0 spiro atoms. The van der Waals surface area contributed by atoms with Gasteiger partial charge >= 0.3 is 0 Å². The van der Waals surface area contributed by atoms with Crippen molar-refractivity contribution in [3.05, 3.63) is 27.7 Å². The topological polar surface area (TPSA) is 37.4 Å². The molecule has 1 aromatic rings. The molecule has 0 aromatic heterocycles. The number of hydrogen-bond donors (Lipinski definition) is 0. The van der Waals surface area contributed by atoms with Gasteiger partial charge in [0.05, 0.1) is 10.9 Å². The van der Waals surface area contributed by atoms with Crippen molar-refractivity contribution in [2.24, 2.45) is 0 Å². The fourth-order valence-corrected chi connectivity index (χ4v) is 4.81. The van der Waals surface area contributed by atoms with Crippen molar-refractivity contribution in [1.29, 1.82) is 0 Å². The molecule has 0 fully saturated rings. The fourth-order valence-electron chi connectivity index (χ4n) is 1.89. The van der Waals surface area contributed by atoms with E-state index in [9.17, 15) is 8.42 Å². The molecule has 1 aromatic carbocycles. The van der Waals surface area contributed by atoms with E-state index >= 15 is 0 Å². The first-order valence-electron chi connectivity index (χ1n) is 6.43. The maximum absolute atomic E-state index is 12.7.